The van der Waals surface area contributed by atoms with Crippen molar-refractivity contribution in [2.24, 2.45) is 0 Å². The van der Waals surface area contributed by atoms with Crippen LogP contribution in [0.3, 0.4) is 0 Å². The van der Waals surface area contributed by atoms with Crippen LogP contribution in [0, 0.1) is 13.8 Å². The van der Waals surface area contributed by atoms with E-state index in [1.807, 2.05) is 61.5 Å². The van der Waals surface area contributed by atoms with Crippen LogP contribution in [0.15, 0.2) is 98.2 Å². The molecule has 1 unspecified atom stereocenters. The van der Waals surface area contributed by atoms with E-state index in [4.69, 9.17) is 23.7 Å². The molecule has 2 aromatic carbocycles. The van der Waals surface area contributed by atoms with Crippen molar-refractivity contribution in [3.05, 3.63) is 115 Å². The van der Waals surface area contributed by atoms with Crippen LogP contribution in [-0.4, -0.2) is 50.9 Å². The third-order valence-corrected chi connectivity index (χ3v) is 7.18. The second kappa shape index (κ2) is 23.2. The zero-order valence-corrected chi connectivity index (χ0v) is 28.5. The molecule has 0 spiro atoms. The molecule has 0 saturated heterocycles. The first kappa shape index (κ1) is 39.0. The van der Waals surface area contributed by atoms with Gasteiger partial charge in [-0.2, -0.15) is 0 Å². The monoisotopic (exact) mass is 644 g/mol. The number of allylic oxidation sites excluding steroid dienone is 2. The fourth-order valence-electron chi connectivity index (χ4n) is 4.51. The number of aryl methyl sites for hydroxylation is 2. The molecule has 2 aromatic rings. The number of unbranched alkanes of at least 4 members (excludes halogenated alkanes) is 4. The Hall–Kier alpha value is -4.20. The Balaban J connectivity index is 0.000000343. The minimum atomic E-state index is -0.373. The molecule has 3 rings (SSSR count). The van der Waals surface area contributed by atoms with Gasteiger partial charge < -0.3 is 23.7 Å². The molecule has 0 fully saturated rings. The lowest BCUT2D eigenvalue weighted by atomic mass is 10.0. The lowest BCUT2D eigenvalue weighted by Crippen LogP contribution is -2.14. The van der Waals surface area contributed by atoms with Crippen molar-refractivity contribution in [3.63, 3.8) is 0 Å². The van der Waals surface area contributed by atoms with E-state index in [2.05, 4.69) is 32.7 Å². The summed E-state index contributed by atoms with van der Waals surface area (Å²) < 4.78 is 27.6. The summed E-state index contributed by atoms with van der Waals surface area (Å²) in [5, 5.41) is 0. The molecule has 254 valence electrons. The van der Waals surface area contributed by atoms with Crippen LogP contribution >= 0.6 is 0 Å². The van der Waals surface area contributed by atoms with Crippen LogP contribution < -0.4 is 9.47 Å². The summed E-state index contributed by atoms with van der Waals surface area (Å²) in [5.41, 5.74) is 4.03. The maximum absolute atomic E-state index is 11.1. The summed E-state index contributed by atoms with van der Waals surface area (Å²) in [6, 6.07) is 14.0. The molecular weight excluding hydrogens is 592 g/mol. The van der Waals surface area contributed by atoms with Gasteiger partial charge in [-0.25, -0.2) is 4.79 Å². The van der Waals surface area contributed by atoms with E-state index in [9.17, 15) is 9.59 Å². The van der Waals surface area contributed by atoms with Crippen molar-refractivity contribution in [2.45, 2.75) is 71.8 Å². The fraction of sp³-hybridized carbons (Fsp3) is 0.400. The first-order chi connectivity index (χ1) is 22.7. The molecule has 0 heterocycles. The van der Waals surface area contributed by atoms with Gasteiger partial charge in [0.25, 0.3) is 0 Å². The average Bonchev–Trinajstić information content (AvgIpc) is 3.07. The molecule has 0 saturated carbocycles. The number of carbonyl (C=O) groups is 2. The molecule has 0 aromatic heterocycles. The Bertz CT molecular complexity index is 1340. The molecule has 1 aliphatic carbocycles. The van der Waals surface area contributed by atoms with Crippen molar-refractivity contribution in [3.8, 4) is 11.5 Å². The number of hydrogen-bond acceptors (Lipinski definition) is 7. The van der Waals surface area contributed by atoms with Gasteiger partial charge in [-0.05, 0) is 102 Å². The van der Waals surface area contributed by atoms with E-state index in [1.54, 1.807) is 13.0 Å². The van der Waals surface area contributed by atoms with E-state index in [1.165, 1.54) is 11.6 Å². The van der Waals surface area contributed by atoms with Gasteiger partial charge in [0.2, 0.25) is 0 Å². The number of hydrogen-bond donors (Lipinski definition) is 0. The highest BCUT2D eigenvalue weighted by Crippen LogP contribution is 2.25. The summed E-state index contributed by atoms with van der Waals surface area (Å²) in [4.78, 5) is 21.9. The zero-order chi connectivity index (χ0) is 34.3. The summed E-state index contributed by atoms with van der Waals surface area (Å²) in [6.07, 6.45) is 15.3. The highest BCUT2D eigenvalue weighted by atomic mass is 16.5. The summed E-state index contributed by atoms with van der Waals surface area (Å²) in [5.74, 6) is 2.05. The first-order valence-electron chi connectivity index (χ1n) is 16.4. The minimum Gasteiger partial charge on any atom is -0.494 e. The van der Waals surface area contributed by atoms with E-state index in [0.717, 1.165) is 79.8 Å². The highest BCUT2D eigenvalue weighted by Gasteiger charge is 2.11. The van der Waals surface area contributed by atoms with Crippen LogP contribution in [0.5, 0.6) is 11.5 Å². The molecule has 47 heavy (non-hydrogen) atoms. The Labute approximate surface area is 281 Å². The molecule has 1 atom stereocenters. The highest BCUT2D eigenvalue weighted by molar-refractivity contribution is 5.96. The number of benzene rings is 2. The van der Waals surface area contributed by atoms with Crippen LogP contribution in [0.2, 0.25) is 0 Å². The standard InChI is InChI=1S/C24H30O3.C16H22O4/c1-5-15-25-16-7-6-8-17-26-23-12-10-22(11-13-23)21(4)27-24-14-9-19(2)18-20(24)3;1-3-16(18)20-12-6-4-5-11-19-15-9-7-14(8-10-15)13(2)17/h5,9-14,18H,1,4,6-8,15-17H2,2-3H3;3,7-9,15H,1,4-6,10-12H2,2H3. The predicted octanol–water partition coefficient (Wildman–Crippen LogP) is 8.85. The third kappa shape index (κ3) is 16.8. The number of carbonyl (C=O) groups excluding carboxylic acids is 2. The molecule has 0 amide bonds. The van der Waals surface area contributed by atoms with Crippen molar-refractivity contribution < 1.29 is 33.3 Å². The van der Waals surface area contributed by atoms with Gasteiger partial charge in [-0.1, -0.05) is 55.2 Å². The molecule has 0 bridgehead atoms. The second-order valence-corrected chi connectivity index (χ2v) is 11.2. The van der Waals surface area contributed by atoms with Crippen molar-refractivity contribution in [2.75, 3.05) is 33.0 Å². The third-order valence-electron chi connectivity index (χ3n) is 7.18. The topological polar surface area (TPSA) is 80.3 Å². The fourth-order valence-corrected chi connectivity index (χ4v) is 4.51. The maximum Gasteiger partial charge on any atom is 0.330 e. The minimum absolute atomic E-state index is 0.0664. The molecule has 7 heteroatoms. The van der Waals surface area contributed by atoms with Crippen molar-refractivity contribution in [1.82, 2.24) is 0 Å². The van der Waals surface area contributed by atoms with Gasteiger partial charge in [0, 0.05) is 30.4 Å². The van der Waals surface area contributed by atoms with E-state index in [0.29, 0.717) is 32.2 Å². The Kier molecular flexibility index (Phi) is 19.2. The van der Waals surface area contributed by atoms with E-state index >= 15 is 0 Å². The van der Waals surface area contributed by atoms with Gasteiger partial charge >= 0.3 is 5.97 Å². The Morgan fingerprint density at radius 1 is 0.894 bits per heavy atom. The van der Waals surface area contributed by atoms with Gasteiger partial charge in [-0.3, -0.25) is 4.79 Å². The maximum atomic E-state index is 11.1. The molecule has 7 nitrogen and oxygen atoms in total. The Morgan fingerprint density at radius 2 is 1.60 bits per heavy atom. The summed E-state index contributed by atoms with van der Waals surface area (Å²) in [7, 11) is 0. The van der Waals surface area contributed by atoms with E-state index in [-0.39, 0.29) is 17.9 Å². The molecule has 0 radical (unpaired) electrons. The van der Waals surface area contributed by atoms with E-state index < -0.39 is 0 Å². The molecule has 0 aliphatic heterocycles. The van der Waals surface area contributed by atoms with Crippen LogP contribution in [0.4, 0.5) is 0 Å². The number of rotatable bonds is 21. The molecular formula is C40H52O7. The number of esters is 1. The quantitative estimate of drug-likeness (QED) is 0.0442. The second-order valence-electron chi connectivity index (χ2n) is 11.2. The van der Waals surface area contributed by atoms with Crippen molar-refractivity contribution in [1.29, 1.82) is 0 Å². The lowest BCUT2D eigenvalue weighted by Gasteiger charge is -2.16. The molecule has 0 N–H and O–H groups in total. The van der Waals surface area contributed by atoms with Gasteiger partial charge in [0.1, 0.15) is 17.3 Å². The number of ketones is 1. The summed E-state index contributed by atoms with van der Waals surface area (Å²) >= 11 is 0. The molecule has 1 aliphatic rings. The number of ether oxygens (including phenoxy) is 5. The first-order valence-corrected chi connectivity index (χ1v) is 16.4. The SMILES string of the molecule is C=CC(=O)OCCCCCOC1C=CC(C(C)=O)=CC1.C=CCOCCCCCOc1ccc(C(=C)Oc2ccc(C)cc2C)cc1. The Morgan fingerprint density at radius 3 is 2.23 bits per heavy atom. The largest absolute Gasteiger partial charge is 0.494 e. The average molecular weight is 645 g/mol. The summed E-state index contributed by atoms with van der Waals surface area (Å²) in [6.45, 7) is 19.9. The predicted molar refractivity (Wildman–Crippen MR) is 190 cm³/mol. The van der Waals surface area contributed by atoms with Gasteiger partial charge in [0.15, 0.2) is 5.78 Å². The zero-order valence-electron chi connectivity index (χ0n) is 28.5. The lowest BCUT2D eigenvalue weighted by molar-refractivity contribution is -0.137. The van der Waals surface area contributed by atoms with Gasteiger partial charge in [-0.15, -0.1) is 6.58 Å². The van der Waals surface area contributed by atoms with Crippen molar-refractivity contribution >= 4 is 17.5 Å². The smallest absolute Gasteiger partial charge is 0.330 e. The van der Waals surface area contributed by atoms with Crippen LogP contribution in [-0.2, 0) is 23.8 Å². The normalized spacial score (nSPS) is 13.4. The van der Waals surface area contributed by atoms with Crippen LogP contribution in [0.25, 0.3) is 5.76 Å². The van der Waals surface area contributed by atoms with Gasteiger partial charge in [0.05, 0.1) is 25.9 Å². The van der Waals surface area contributed by atoms with Crippen LogP contribution in [0.1, 0.15) is 68.6 Å². The number of Topliss-reactive ketones (excluding diaryl/α,β-unsaturated/α-hetero) is 1.